The van der Waals surface area contributed by atoms with E-state index >= 15 is 0 Å². The first-order valence-electron chi connectivity index (χ1n) is 8.29. The van der Waals surface area contributed by atoms with Crippen LogP contribution >= 0.6 is 11.6 Å². The van der Waals surface area contributed by atoms with Crippen molar-refractivity contribution in [2.75, 3.05) is 39.4 Å². The van der Waals surface area contributed by atoms with Crippen LogP contribution in [0.25, 0.3) is 6.08 Å². The summed E-state index contributed by atoms with van der Waals surface area (Å²) in [6, 6.07) is 6.96. The molecule has 0 N–H and O–H groups in total. The van der Waals surface area contributed by atoms with E-state index in [-0.39, 0.29) is 18.6 Å². The number of carbonyl (C=O) groups is 3. The van der Waals surface area contributed by atoms with Gasteiger partial charge in [0.25, 0.3) is 5.91 Å². The summed E-state index contributed by atoms with van der Waals surface area (Å²) in [4.78, 5) is 38.5. The zero-order chi connectivity index (χ0) is 18.9. The van der Waals surface area contributed by atoms with Crippen LogP contribution in [0.15, 0.2) is 30.3 Å². The van der Waals surface area contributed by atoms with Gasteiger partial charge in [0.2, 0.25) is 0 Å². The summed E-state index contributed by atoms with van der Waals surface area (Å²) >= 11 is 5.79. The van der Waals surface area contributed by atoms with E-state index < -0.39 is 5.97 Å². The minimum atomic E-state index is -0.599. The van der Waals surface area contributed by atoms with Gasteiger partial charge in [0.15, 0.2) is 6.61 Å². The van der Waals surface area contributed by atoms with E-state index in [1.807, 2.05) is 0 Å². The molecule has 1 aromatic carbocycles. The van der Waals surface area contributed by atoms with Crippen molar-refractivity contribution < 1.29 is 23.9 Å². The highest BCUT2D eigenvalue weighted by atomic mass is 35.5. The molecule has 0 aromatic heterocycles. The average molecular weight is 381 g/mol. The Morgan fingerprint density at radius 2 is 1.65 bits per heavy atom. The fourth-order valence-electron chi connectivity index (χ4n) is 2.36. The minimum Gasteiger partial charge on any atom is -0.452 e. The minimum absolute atomic E-state index is 0.290. The standard InChI is InChI=1S/C18H21ClN2O5/c1-2-25-18(24)21-11-9-20(10-12-21)16(22)13-26-17(23)8-5-14-3-6-15(19)7-4-14/h3-8H,2,9-13H2,1H3/b8-5+. The highest BCUT2D eigenvalue weighted by molar-refractivity contribution is 6.30. The van der Waals surface area contributed by atoms with Crippen LogP contribution in [0.4, 0.5) is 4.79 Å². The lowest BCUT2D eigenvalue weighted by atomic mass is 10.2. The van der Waals surface area contributed by atoms with Crippen LogP contribution in [0.2, 0.25) is 5.02 Å². The molecule has 1 aliphatic rings. The number of esters is 1. The lowest BCUT2D eigenvalue weighted by Gasteiger charge is -2.33. The Labute approximate surface area is 157 Å². The van der Waals surface area contributed by atoms with Gasteiger partial charge < -0.3 is 19.3 Å². The summed E-state index contributed by atoms with van der Waals surface area (Å²) < 4.78 is 9.89. The zero-order valence-corrected chi connectivity index (χ0v) is 15.3. The Morgan fingerprint density at radius 3 is 2.27 bits per heavy atom. The molecule has 2 rings (SSSR count). The number of rotatable bonds is 5. The van der Waals surface area contributed by atoms with Gasteiger partial charge in [-0.3, -0.25) is 4.79 Å². The third kappa shape index (κ3) is 6.07. The molecule has 1 saturated heterocycles. The number of carbonyl (C=O) groups excluding carboxylic acids is 3. The fourth-order valence-corrected chi connectivity index (χ4v) is 2.49. The van der Waals surface area contributed by atoms with Crippen molar-refractivity contribution in [3.8, 4) is 0 Å². The van der Waals surface area contributed by atoms with E-state index in [2.05, 4.69) is 0 Å². The van der Waals surface area contributed by atoms with Crippen molar-refractivity contribution in [2.45, 2.75) is 6.92 Å². The normalized spacial score (nSPS) is 14.4. The van der Waals surface area contributed by atoms with Gasteiger partial charge in [-0.05, 0) is 30.7 Å². The molecule has 7 nitrogen and oxygen atoms in total. The number of amides is 2. The van der Waals surface area contributed by atoms with E-state index in [0.717, 1.165) is 5.56 Å². The third-order valence-electron chi connectivity index (χ3n) is 3.78. The molecule has 0 unspecified atom stereocenters. The number of ether oxygens (including phenoxy) is 2. The van der Waals surface area contributed by atoms with Gasteiger partial charge in [0.05, 0.1) is 6.61 Å². The van der Waals surface area contributed by atoms with E-state index in [1.54, 1.807) is 47.1 Å². The van der Waals surface area contributed by atoms with Crippen LogP contribution in [0.5, 0.6) is 0 Å². The topological polar surface area (TPSA) is 76.2 Å². The van der Waals surface area contributed by atoms with Crippen molar-refractivity contribution in [3.05, 3.63) is 40.9 Å². The number of piperazine rings is 1. The number of halogens is 1. The van der Waals surface area contributed by atoms with E-state index in [1.165, 1.54) is 6.08 Å². The second kappa shape index (κ2) is 9.82. The van der Waals surface area contributed by atoms with Gasteiger partial charge in [-0.15, -0.1) is 0 Å². The Balaban J connectivity index is 1.72. The average Bonchev–Trinajstić information content (AvgIpc) is 2.66. The molecule has 0 saturated carbocycles. The molecule has 0 bridgehead atoms. The molecular formula is C18H21ClN2O5. The van der Waals surface area contributed by atoms with Crippen molar-refractivity contribution >= 4 is 35.6 Å². The molecule has 2 amide bonds. The summed E-state index contributed by atoms with van der Waals surface area (Å²) in [7, 11) is 0. The molecule has 26 heavy (non-hydrogen) atoms. The van der Waals surface area contributed by atoms with Crippen LogP contribution in [0.1, 0.15) is 12.5 Å². The molecule has 0 atom stereocenters. The first kappa shape index (κ1) is 19.8. The number of nitrogens with zero attached hydrogens (tertiary/aromatic N) is 2. The van der Waals surface area contributed by atoms with Crippen LogP contribution in [-0.4, -0.2) is 67.2 Å². The Kier molecular flexibility index (Phi) is 7.47. The van der Waals surface area contributed by atoms with Gasteiger partial charge in [0.1, 0.15) is 0 Å². The smallest absolute Gasteiger partial charge is 0.409 e. The fraction of sp³-hybridized carbons (Fsp3) is 0.389. The second-order valence-electron chi connectivity index (χ2n) is 5.56. The number of benzene rings is 1. The molecule has 1 fully saturated rings. The molecular weight excluding hydrogens is 360 g/mol. The van der Waals surface area contributed by atoms with E-state index in [9.17, 15) is 14.4 Å². The maximum atomic E-state index is 12.1. The van der Waals surface area contributed by atoms with Gasteiger partial charge in [0, 0.05) is 37.3 Å². The number of hydrogen-bond donors (Lipinski definition) is 0. The van der Waals surface area contributed by atoms with Crippen molar-refractivity contribution in [1.82, 2.24) is 9.80 Å². The third-order valence-corrected chi connectivity index (χ3v) is 4.03. The van der Waals surface area contributed by atoms with Gasteiger partial charge in [-0.2, -0.15) is 0 Å². The lowest BCUT2D eigenvalue weighted by Crippen LogP contribution is -2.51. The van der Waals surface area contributed by atoms with Gasteiger partial charge >= 0.3 is 12.1 Å². The Morgan fingerprint density at radius 1 is 1.04 bits per heavy atom. The predicted octanol–water partition coefficient (Wildman–Crippen LogP) is 2.20. The Hall–Kier alpha value is -2.54. The molecule has 0 spiro atoms. The summed E-state index contributed by atoms with van der Waals surface area (Å²) in [6.07, 6.45) is 2.47. The first-order chi connectivity index (χ1) is 12.5. The Bertz CT molecular complexity index is 667. The van der Waals surface area contributed by atoms with E-state index in [0.29, 0.717) is 37.8 Å². The second-order valence-corrected chi connectivity index (χ2v) is 6.00. The molecule has 0 aliphatic carbocycles. The van der Waals surface area contributed by atoms with Gasteiger partial charge in [-0.25, -0.2) is 9.59 Å². The summed E-state index contributed by atoms with van der Waals surface area (Å²) in [6.45, 7) is 3.30. The highest BCUT2D eigenvalue weighted by Crippen LogP contribution is 2.10. The first-order valence-corrected chi connectivity index (χ1v) is 8.67. The maximum Gasteiger partial charge on any atom is 0.409 e. The van der Waals surface area contributed by atoms with Crippen molar-refractivity contribution in [2.24, 2.45) is 0 Å². The van der Waals surface area contributed by atoms with Crippen LogP contribution in [0, 0.1) is 0 Å². The quantitative estimate of drug-likeness (QED) is 0.578. The summed E-state index contributed by atoms with van der Waals surface area (Å²) in [5, 5.41) is 0.610. The zero-order valence-electron chi connectivity index (χ0n) is 14.5. The molecule has 0 radical (unpaired) electrons. The number of hydrogen-bond acceptors (Lipinski definition) is 5. The predicted molar refractivity (Wildman–Crippen MR) is 96.6 cm³/mol. The van der Waals surface area contributed by atoms with Gasteiger partial charge in [-0.1, -0.05) is 23.7 Å². The van der Waals surface area contributed by atoms with E-state index in [4.69, 9.17) is 21.1 Å². The SMILES string of the molecule is CCOC(=O)N1CCN(C(=O)COC(=O)/C=C/c2ccc(Cl)cc2)CC1. The van der Waals surface area contributed by atoms with Crippen LogP contribution in [0.3, 0.4) is 0 Å². The van der Waals surface area contributed by atoms with Crippen molar-refractivity contribution in [1.29, 1.82) is 0 Å². The monoisotopic (exact) mass is 380 g/mol. The molecule has 1 aliphatic heterocycles. The van der Waals surface area contributed by atoms with Crippen LogP contribution in [-0.2, 0) is 19.1 Å². The molecule has 1 heterocycles. The molecule has 140 valence electrons. The molecule has 8 heteroatoms. The summed E-state index contributed by atoms with van der Waals surface area (Å²) in [5.41, 5.74) is 0.799. The molecule has 1 aromatic rings. The van der Waals surface area contributed by atoms with Crippen LogP contribution < -0.4 is 0 Å². The summed E-state index contributed by atoms with van der Waals surface area (Å²) in [5.74, 6) is -0.889. The lowest BCUT2D eigenvalue weighted by molar-refractivity contribution is -0.148. The maximum absolute atomic E-state index is 12.1. The van der Waals surface area contributed by atoms with Crippen molar-refractivity contribution in [3.63, 3.8) is 0 Å². The highest BCUT2D eigenvalue weighted by Gasteiger charge is 2.25. The largest absolute Gasteiger partial charge is 0.452 e.